The van der Waals surface area contributed by atoms with Gasteiger partial charge in [-0.3, -0.25) is 0 Å². The molecule has 0 unspecified atom stereocenters. The van der Waals surface area contributed by atoms with Crippen LogP contribution in [0.2, 0.25) is 0 Å². The van der Waals surface area contributed by atoms with Crippen LogP contribution in [0.15, 0.2) is 47.2 Å². The molecule has 3 aromatic rings. The number of hydrogen-bond donors (Lipinski definition) is 1. The molecule has 2 aromatic heterocycles. The molecule has 7 nitrogen and oxygen atoms in total. The zero-order valence-electron chi connectivity index (χ0n) is 9.59. The maximum atomic E-state index is 10.8. The van der Waals surface area contributed by atoms with Gasteiger partial charge in [0.15, 0.2) is 11.5 Å². The molecule has 1 N–H and O–H groups in total. The summed E-state index contributed by atoms with van der Waals surface area (Å²) in [6, 6.07) is 8.65. The van der Waals surface area contributed by atoms with Gasteiger partial charge in [0.2, 0.25) is 0 Å². The van der Waals surface area contributed by atoms with Crippen LogP contribution in [0.4, 0.5) is 0 Å². The summed E-state index contributed by atoms with van der Waals surface area (Å²) in [5, 5.41) is 19.9. The number of carbonyl (C=O) groups is 1. The second-order valence-corrected chi connectivity index (χ2v) is 3.78. The lowest BCUT2D eigenvalue weighted by Gasteiger charge is -2.01. The maximum Gasteiger partial charge on any atom is 0.358 e. The number of benzene rings is 1. The van der Waals surface area contributed by atoms with E-state index in [4.69, 9.17) is 9.63 Å². The van der Waals surface area contributed by atoms with Gasteiger partial charge in [-0.25, -0.2) is 9.48 Å². The highest BCUT2D eigenvalue weighted by Crippen LogP contribution is 2.22. The molecular formula is C12H8N4O3. The van der Waals surface area contributed by atoms with Crippen molar-refractivity contribution < 1.29 is 14.4 Å². The van der Waals surface area contributed by atoms with E-state index < -0.39 is 5.97 Å². The van der Waals surface area contributed by atoms with Crippen LogP contribution < -0.4 is 0 Å². The number of aromatic carboxylic acids is 1. The molecule has 7 heteroatoms. The van der Waals surface area contributed by atoms with E-state index in [9.17, 15) is 4.79 Å². The van der Waals surface area contributed by atoms with Crippen molar-refractivity contribution in [2.45, 2.75) is 0 Å². The molecule has 0 spiro atoms. The van der Waals surface area contributed by atoms with Crippen molar-refractivity contribution in [2.75, 3.05) is 0 Å². The third kappa shape index (κ3) is 2.08. The van der Waals surface area contributed by atoms with E-state index >= 15 is 0 Å². The zero-order chi connectivity index (χ0) is 13.2. The average Bonchev–Trinajstić information content (AvgIpc) is 3.10. The SMILES string of the molecule is O=C(O)c1cc(-c2cccc(-n3ccnn3)c2)on1. The number of aromatic nitrogens is 4. The number of nitrogens with zero attached hydrogens (tertiary/aromatic N) is 4. The van der Waals surface area contributed by atoms with Crippen molar-refractivity contribution in [1.82, 2.24) is 20.2 Å². The molecule has 3 rings (SSSR count). The first-order chi connectivity index (χ1) is 9.24. The third-order valence-corrected chi connectivity index (χ3v) is 2.55. The molecule has 0 aliphatic heterocycles. The summed E-state index contributed by atoms with van der Waals surface area (Å²) in [5.41, 5.74) is 1.39. The Kier molecular flexibility index (Phi) is 2.57. The number of rotatable bonds is 3. The molecule has 1 aromatic carbocycles. The molecule has 2 heterocycles. The predicted octanol–water partition coefficient (Wildman–Crippen LogP) is 1.62. The highest BCUT2D eigenvalue weighted by Gasteiger charge is 2.12. The van der Waals surface area contributed by atoms with Gasteiger partial charge in [-0.15, -0.1) is 5.10 Å². The van der Waals surface area contributed by atoms with Crippen LogP contribution in [0.5, 0.6) is 0 Å². The molecule has 0 saturated carbocycles. The van der Waals surface area contributed by atoms with E-state index in [1.54, 1.807) is 29.2 Å². The Labute approximate surface area is 107 Å². The molecule has 19 heavy (non-hydrogen) atoms. The summed E-state index contributed by atoms with van der Waals surface area (Å²) in [7, 11) is 0. The number of carboxylic acid groups (broad SMARTS) is 1. The van der Waals surface area contributed by atoms with Crippen LogP contribution in [0.25, 0.3) is 17.0 Å². The van der Waals surface area contributed by atoms with Gasteiger partial charge in [-0.1, -0.05) is 22.5 Å². The standard InChI is InChI=1S/C12H8N4O3/c17-12(18)10-7-11(19-14-10)8-2-1-3-9(6-8)16-5-4-13-15-16/h1-7H,(H,17,18). The number of hydrogen-bond acceptors (Lipinski definition) is 5. The van der Waals surface area contributed by atoms with E-state index in [-0.39, 0.29) is 5.69 Å². The summed E-state index contributed by atoms with van der Waals surface area (Å²) >= 11 is 0. The molecule has 0 fully saturated rings. The highest BCUT2D eigenvalue weighted by atomic mass is 16.5. The average molecular weight is 256 g/mol. The van der Waals surface area contributed by atoms with Crippen LogP contribution in [0.3, 0.4) is 0 Å². The zero-order valence-corrected chi connectivity index (χ0v) is 9.59. The molecule has 0 radical (unpaired) electrons. The molecule has 0 saturated heterocycles. The van der Waals surface area contributed by atoms with E-state index in [1.165, 1.54) is 6.07 Å². The van der Waals surface area contributed by atoms with E-state index in [2.05, 4.69) is 15.5 Å². The van der Waals surface area contributed by atoms with Crippen molar-refractivity contribution in [3.8, 4) is 17.0 Å². The first-order valence-electron chi connectivity index (χ1n) is 5.41. The van der Waals surface area contributed by atoms with Crippen LogP contribution >= 0.6 is 0 Å². The summed E-state index contributed by atoms with van der Waals surface area (Å²) in [6.07, 6.45) is 3.28. The largest absolute Gasteiger partial charge is 0.476 e. The van der Waals surface area contributed by atoms with Gasteiger partial charge in [0.05, 0.1) is 18.1 Å². The van der Waals surface area contributed by atoms with Crippen molar-refractivity contribution >= 4 is 5.97 Å². The van der Waals surface area contributed by atoms with Gasteiger partial charge in [0.1, 0.15) is 0 Å². The molecular weight excluding hydrogens is 248 g/mol. The quantitative estimate of drug-likeness (QED) is 0.765. The first kappa shape index (κ1) is 11.1. The van der Waals surface area contributed by atoms with Gasteiger partial charge < -0.3 is 9.63 Å². The summed E-state index contributed by atoms with van der Waals surface area (Å²) in [5.74, 6) is -0.734. The van der Waals surface area contributed by atoms with Crippen LogP contribution in [-0.2, 0) is 0 Å². The smallest absolute Gasteiger partial charge is 0.358 e. The Morgan fingerprint density at radius 3 is 2.89 bits per heavy atom. The van der Waals surface area contributed by atoms with Crippen molar-refractivity contribution in [1.29, 1.82) is 0 Å². The van der Waals surface area contributed by atoms with Gasteiger partial charge >= 0.3 is 5.97 Å². The van der Waals surface area contributed by atoms with Crippen LogP contribution in [-0.4, -0.2) is 31.2 Å². The normalized spacial score (nSPS) is 10.5. The monoisotopic (exact) mass is 256 g/mol. The molecule has 0 amide bonds. The minimum Gasteiger partial charge on any atom is -0.476 e. The van der Waals surface area contributed by atoms with E-state index in [0.29, 0.717) is 11.3 Å². The lowest BCUT2D eigenvalue weighted by atomic mass is 10.1. The fourth-order valence-corrected chi connectivity index (χ4v) is 1.66. The minimum atomic E-state index is -1.12. The van der Waals surface area contributed by atoms with Gasteiger partial charge in [-0.05, 0) is 12.1 Å². The first-order valence-corrected chi connectivity index (χ1v) is 5.41. The molecule has 0 aliphatic carbocycles. The van der Waals surface area contributed by atoms with Gasteiger partial charge in [0.25, 0.3) is 0 Å². The minimum absolute atomic E-state index is 0.124. The van der Waals surface area contributed by atoms with E-state index in [1.807, 2.05) is 12.1 Å². The Balaban J connectivity index is 2.01. The Morgan fingerprint density at radius 1 is 1.32 bits per heavy atom. The molecule has 94 valence electrons. The molecule has 0 atom stereocenters. The maximum absolute atomic E-state index is 10.8. The van der Waals surface area contributed by atoms with Crippen molar-refractivity contribution in [3.05, 3.63) is 48.4 Å². The van der Waals surface area contributed by atoms with Crippen molar-refractivity contribution in [3.63, 3.8) is 0 Å². The van der Waals surface area contributed by atoms with Crippen LogP contribution in [0, 0.1) is 0 Å². The Hall–Kier alpha value is -2.96. The molecule has 0 aliphatic rings. The van der Waals surface area contributed by atoms with Crippen LogP contribution in [0.1, 0.15) is 10.5 Å². The second kappa shape index (κ2) is 4.37. The summed E-state index contributed by atoms with van der Waals surface area (Å²) < 4.78 is 6.60. The van der Waals surface area contributed by atoms with Gasteiger partial charge in [-0.2, -0.15) is 0 Å². The summed E-state index contributed by atoms with van der Waals surface area (Å²) in [4.78, 5) is 10.8. The van der Waals surface area contributed by atoms with E-state index in [0.717, 1.165) is 5.69 Å². The molecule has 0 bridgehead atoms. The third-order valence-electron chi connectivity index (χ3n) is 2.55. The number of carboxylic acids is 1. The Bertz CT molecular complexity index is 718. The second-order valence-electron chi connectivity index (χ2n) is 3.78. The lowest BCUT2D eigenvalue weighted by molar-refractivity contribution is 0.0686. The predicted molar refractivity (Wildman–Crippen MR) is 63.8 cm³/mol. The van der Waals surface area contributed by atoms with Crippen molar-refractivity contribution in [2.24, 2.45) is 0 Å². The topological polar surface area (TPSA) is 94.0 Å². The van der Waals surface area contributed by atoms with Gasteiger partial charge in [0, 0.05) is 11.6 Å². The Morgan fingerprint density at radius 2 is 2.21 bits per heavy atom. The lowest BCUT2D eigenvalue weighted by Crippen LogP contribution is -1.95. The highest BCUT2D eigenvalue weighted by molar-refractivity contribution is 5.86. The fraction of sp³-hybridized carbons (Fsp3) is 0. The fourth-order valence-electron chi connectivity index (χ4n) is 1.66. The summed E-state index contributed by atoms with van der Waals surface area (Å²) in [6.45, 7) is 0.